The molecule has 0 spiro atoms. The Balaban J connectivity index is 2.53. The van der Waals surface area contributed by atoms with Gasteiger partial charge in [-0.1, -0.05) is 40.5 Å². The molecule has 108 valence electrons. The molecule has 0 amide bonds. The van der Waals surface area contributed by atoms with Crippen LogP contribution in [0.15, 0.2) is 0 Å². The van der Waals surface area contributed by atoms with Crippen molar-refractivity contribution in [2.24, 2.45) is 10.8 Å². The third kappa shape index (κ3) is 3.66. The number of nitrogens with zero attached hydrogens (tertiary/aromatic N) is 1. The summed E-state index contributed by atoms with van der Waals surface area (Å²) in [5.74, 6) is 1.03. The summed E-state index contributed by atoms with van der Waals surface area (Å²) in [4.78, 5) is 2.70. The summed E-state index contributed by atoms with van der Waals surface area (Å²) in [6.45, 7) is 13.3. The van der Waals surface area contributed by atoms with Crippen LogP contribution in [0.25, 0.3) is 0 Å². The summed E-state index contributed by atoms with van der Waals surface area (Å²) in [6, 6.07) is 0. The van der Waals surface area contributed by atoms with Crippen molar-refractivity contribution in [1.82, 2.24) is 4.90 Å². The second-order valence-corrected chi connectivity index (χ2v) is 6.66. The maximum absolute atomic E-state index is 4.61. The van der Waals surface area contributed by atoms with Gasteiger partial charge in [0.25, 0.3) is 0 Å². The number of likely N-dealkylation sites (tertiary alicyclic amines) is 1. The minimum atomic E-state index is 0.446. The summed E-state index contributed by atoms with van der Waals surface area (Å²) in [5, 5.41) is 0. The predicted octanol–water partition coefficient (Wildman–Crippen LogP) is 4.62. The SMILES string of the molecule is CCC1(CC)CCN(CC(CC)(CC)CS)CC1. The summed E-state index contributed by atoms with van der Waals surface area (Å²) in [7, 11) is 0. The predicted molar refractivity (Wildman–Crippen MR) is 85.6 cm³/mol. The molecule has 1 fully saturated rings. The lowest BCUT2D eigenvalue weighted by Gasteiger charge is -2.44. The third-order valence-electron chi connectivity index (χ3n) is 5.81. The van der Waals surface area contributed by atoms with Crippen LogP contribution < -0.4 is 0 Å². The first-order valence-corrected chi connectivity index (χ1v) is 8.55. The van der Waals surface area contributed by atoms with Crippen molar-refractivity contribution in [2.75, 3.05) is 25.4 Å². The Morgan fingerprint density at radius 2 is 1.50 bits per heavy atom. The zero-order valence-electron chi connectivity index (χ0n) is 13.0. The Labute approximate surface area is 120 Å². The minimum absolute atomic E-state index is 0.446. The van der Waals surface area contributed by atoms with Crippen LogP contribution in [0.2, 0.25) is 0 Å². The lowest BCUT2D eigenvalue weighted by Crippen LogP contribution is -2.45. The summed E-state index contributed by atoms with van der Waals surface area (Å²) in [6.07, 6.45) is 8.03. The lowest BCUT2D eigenvalue weighted by atomic mass is 9.73. The molecule has 0 radical (unpaired) electrons. The van der Waals surface area contributed by atoms with Crippen molar-refractivity contribution in [3.63, 3.8) is 0 Å². The molecular weight excluding hydrogens is 238 g/mol. The first-order chi connectivity index (χ1) is 8.59. The van der Waals surface area contributed by atoms with Crippen LogP contribution in [0.1, 0.15) is 66.2 Å². The highest BCUT2D eigenvalue weighted by Gasteiger charge is 2.34. The molecular formula is C16H33NS. The Morgan fingerprint density at radius 1 is 1.00 bits per heavy atom. The van der Waals surface area contributed by atoms with Crippen molar-refractivity contribution < 1.29 is 0 Å². The number of piperidine rings is 1. The van der Waals surface area contributed by atoms with Crippen LogP contribution in [0.4, 0.5) is 0 Å². The topological polar surface area (TPSA) is 3.24 Å². The Morgan fingerprint density at radius 3 is 1.83 bits per heavy atom. The average molecular weight is 272 g/mol. The summed E-state index contributed by atoms with van der Waals surface area (Å²) in [5.41, 5.74) is 1.10. The van der Waals surface area contributed by atoms with Gasteiger partial charge in [-0.05, 0) is 55.4 Å². The van der Waals surface area contributed by atoms with Gasteiger partial charge in [0, 0.05) is 6.54 Å². The van der Waals surface area contributed by atoms with E-state index in [4.69, 9.17) is 0 Å². The largest absolute Gasteiger partial charge is 0.303 e. The van der Waals surface area contributed by atoms with E-state index in [-0.39, 0.29) is 0 Å². The fraction of sp³-hybridized carbons (Fsp3) is 1.00. The molecule has 0 bridgehead atoms. The fourth-order valence-electron chi connectivity index (χ4n) is 3.36. The molecule has 0 unspecified atom stereocenters. The van der Waals surface area contributed by atoms with Crippen LogP contribution in [0.3, 0.4) is 0 Å². The maximum atomic E-state index is 4.61. The van der Waals surface area contributed by atoms with Gasteiger partial charge in [-0.15, -0.1) is 0 Å². The summed E-state index contributed by atoms with van der Waals surface area (Å²) >= 11 is 4.61. The van der Waals surface area contributed by atoms with E-state index in [2.05, 4.69) is 45.2 Å². The van der Waals surface area contributed by atoms with Crippen LogP contribution >= 0.6 is 12.6 Å². The van der Waals surface area contributed by atoms with Gasteiger partial charge < -0.3 is 4.90 Å². The van der Waals surface area contributed by atoms with Crippen LogP contribution in [0, 0.1) is 10.8 Å². The molecule has 0 aromatic rings. The van der Waals surface area contributed by atoms with Crippen molar-refractivity contribution in [1.29, 1.82) is 0 Å². The van der Waals surface area contributed by atoms with E-state index in [9.17, 15) is 0 Å². The second kappa shape index (κ2) is 7.19. The first kappa shape index (κ1) is 16.4. The lowest BCUT2D eigenvalue weighted by molar-refractivity contribution is 0.0634. The molecule has 0 aromatic carbocycles. The standard InChI is InChI=1S/C16H33NS/c1-5-15(6-2)9-11-17(12-10-15)13-16(7-3,8-4)14-18/h18H,5-14H2,1-4H3. The van der Waals surface area contributed by atoms with Gasteiger partial charge in [0.05, 0.1) is 0 Å². The molecule has 1 saturated heterocycles. The van der Waals surface area contributed by atoms with Crippen LogP contribution in [0.5, 0.6) is 0 Å². The summed E-state index contributed by atoms with van der Waals surface area (Å²) < 4.78 is 0. The molecule has 0 saturated carbocycles. The van der Waals surface area contributed by atoms with E-state index >= 15 is 0 Å². The number of hydrogen-bond donors (Lipinski definition) is 1. The number of hydrogen-bond acceptors (Lipinski definition) is 2. The average Bonchev–Trinajstić information content (AvgIpc) is 2.46. The fourth-order valence-corrected chi connectivity index (χ4v) is 3.91. The normalized spacial score (nSPS) is 21.2. The Hall–Kier alpha value is 0.310. The molecule has 2 heteroatoms. The molecule has 0 aliphatic carbocycles. The maximum Gasteiger partial charge on any atom is 0.00456 e. The van der Waals surface area contributed by atoms with Crippen molar-refractivity contribution >= 4 is 12.6 Å². The van der Waals surface area contributed by atoms with Gasteiger partial charge in [-0.25, -0.2) is 0 Å². The van der Waals surface area contributed by atoms with Crippen LogP contribution in [-0.2, 0) is 0 Å². The van der Waals surface area contributed by atoms with E-state index in [1.807, 2.05) is 0 Å². The molecule has 1 aliphatic heterocycles. The quantitative estimate of drug-likeness (QED) is 0.661. The molecule has 1 rings (SSSR count). The van der Waals surface area contributed by atoms with Crippen molar-refractivity contribution in [3.8, 4) is 0 Å². The third-order valence-corrected chi connectivity index (χ3v) is 6.48. The number of rotatable bonds is 7. The van der Waals surface area contributed by atoms with Gasteiger partial charge in [-0.3, -0.25) is 0 Å². The van der Waals surface area contributed by atoms with Crippen molar-refractivity contribution in [3.05, 3.63) is 0 Å². The molecule has 0 atom stereocenters. The molecule has 0 aromatic heterocycles. The highest BCUT2D eigenvalue weighted by molar-refractivity contribution is 7.80. The monoisotopic (exact) mass is 271 g/mol. The zero-order chi connectivity index (χ0) is 13.6. The molecule has 0 N–H and O–H groups in total. The Kier molecular flexibility index (Phi) is 6.54. The first-order valence-electron chi connectivity index (χ1n) is 7.92. The molecule has 1 nitrogen and oxygen atoms in total. The zero-order valence-corrected chi connectivity index (χ0v) is 13.9. The van der Waals surface area contributed by atoms with Crippen molar-refractivity contribution in [2.45, 2.75) is 66.2 Å². The van der Waals surface area contributed by atoms with Gasteiger partial charge in [0.2, 0.25) is 0 Å². The van der Waals surface area contributed by atoms with E-state index in [1.165, 1.54) is 58.2 Å². The number of thiol groups is 1. The van der Waals surface area contributed by atoms with Gasteiger partial charge in [-0.2, -0.15) is 12.6 Å². The Bertz CT molecular complexity index is 213. The smallest absolute Gasteiger partial charge is 0.00456 e. The second-order valence-electron chi connectivity index (χ2n) is 6.35. The molecule has 1 aliphatic rings. The van der Waals surface area contributed by atoms with Gasteiger partial charge in [0.1, 0.15) is 0 Å². The van der Waals surface area contributed by atoms with E-state index < -0.39 is 0 Å². The van der Waals surface area contributed by atoms with Gasteiger partial charge >= 0.3 is 0 Å². The van der Waals surface area contributed by atoms with Crippen LogP contribution in [-0.4, -0.2) is 30.3 Å². The highest BCUT2D eigenvalue weighted by atomic mass is 32.1. The van der Waals surface area contributed by atoms with E-state index in [0.29, 0.717) is 10.8 Å². The molecule has 18 heavy (non-hydrogen) atoms. The van der Waals surface area contributed by atoms with E-state index in [0.717, 1.165) is 5.75 Å². The minimum Gasteiger partial charge on any atom is -0.303 e. The highest BCUT2D eigenvalue weighted by Crippen LogP contribution is 2.39. The molecule has 1 heterocycles. The van der Waals surface area contributed by atoms with Gasteiger partial charge in [0.15, 0.2) is 0 Å². The van der Waals surface area contributed by atoms with E-state index in [1.54, 1.807) is 0 Å².